The van der Waals surface area contributed by atoms with Crippen LogP contribution in [0.15, 0.2) is 0 Å². The SMILES string of the molecule is CCC(N)C(N)(CC)CC. The predicted molar refractivity (Wildman–Crippen MR) is 45.8 cm³/mol. The average molecular weight is 144 g/mol. The lowest BCUT2D eigenvalue weighted by Crippen LogP contribution is -2.54. The molecule has 4 N–H and O–H groups in total. The molecule has 1 unspecified atom stereocenters. The number of hydrogen-bond donors (Lipinski definition) is 2. The van der Waals surface area contributed by atoms with Crippen LogP contribution in [0, 0.1) is 0 Å². The third kappa shape index (κ3) is 1.96. The molecule has 1 atom stereocenters. The van der Waals surface area contributed by atoms with Crippen molar-refractivity contribution in [1.82, 2.24) is 0 Å². The van der Waals surface area contributed by atoms with E-state index in [1.54, 1.807) is 0 Å². The first-order valence-corrected chi connectivity index (χ1v) is 4.15. The van der Waals surface area contributed by atoms with E-state index < -0.39 is 0 Å². The number of nitrogens with two attached hydrogens (primary N) is 2. The molecule has 0 amide bonds. The first kappa shape index (κ1) is 9.92. The lowest BCUT2D eigenvalue weighted by Gasteiger charge is -2.32. The number of rotatable bonds is 4. The minimum atomic E-state index is -0.130. The lowest BCUT2D eigenvalue weighted by atomic mass is 9.85. The van der Waals surface area contributed by atoms with Crippen LogP contribution in [0.2, 0.25) is 0 Å². The predicted octanol–water partition coefficient (Wildman–Crippen LogP) is 1.24. The molecule has 0 aliphatic rings. The Balaban J connectivity index is 4.02. The van der Waals surface area contributed by atoms with Crippen molar-refractivity contribution in [2.75, 3.05) is 0 Å². The summed E-state index contributed by atoms with van der Waals surface area (Å²) < 4.78 is 0. The van der Waals surface area contributed by atoms with Crippen molar-refractivity contribution in [2.45, 2.75) is 51.6 Å². The van der Waals surface area contributed by atoms with E-state index >= 15 is 0 Å². The molecule has 0 aromatic rings. The zero-order chi connectivity index (χ0) is 8.20. The second-order valence-electron chi connectivity index (χ2n) is 2.96. The minimum Gasteiger partial charge on any atom is -0.326 e. The zero-order valence-corrected chi connectivity index (χ0v) is 7.35. The standard InChI is InChI=1S/C8H20N2/c1-4-7(9)8(10,5-2)6-3/h7H,4-6,9-10H2,1-3H3. The topological polar surface area (TPSA) is 52.0 Å². The van der Waals surface area contributed by atoms with Gasteiger partial charge in [0.2, 0.25) is 0 Å². The monoisotopic (exact) mass is 144 g/mol. The summed E-state index contributed by atoms with van der Waals surface area (Å²) in [4.78, 5) is 0. The van der Waals surface area contributed by atoms with Crippen LogP contribution in [0.25, 0.3) is 0 Å². The fraction of sp³-hybridized carbons (Fsp3) is 1.00. The maximum atomic E-state index is 6.03. The fourth-order valence-electron chi connectivity index (χ4n) is 1.18. The summed E-state index contributed by atoms with van der Waals surface area (Å²) in [5, 5.41) is 0. The summed E-state index contributed by atoms with van der Waals surface area (Å²) in [6, 6.07) is 0.155. The number of hydrogen-bond acceptors (Lipinski definition) is 2. The van der Waals surface area contributed by atoms with Gasteiger partial charge in [-0.05, 0) is 19.3 Å². The lowest BCUT2D eigenvalue weighted by molar-refractivity contribution is 0.314. The van der Waals surface area contributed by atoms with Gasteiger partial charge in [-0.25, -0.2) is 0 Å². The Bertz CT molecular complexity index is 87.3. The zero-order valence-electron chi connectivity index (χ0n) is 7.35. The smallest absolute Gasteiger partial charge is 0.0302 e. The molecular formula is C8H20N2. The first-order chi connectivity index (χ1) is 4.60. The molecule has 0 aliphatic carbocycles. The van der Waals surface area contributed by atoms with Crippen molar-refractivity contribution in [1.29, 1.82) is 0 Å². The van der Waals surface area contributed by atoms with E-state index in [1.807, 2.05) is 0 Å². The summed E-state index contributed by atoms with van der Waals surface area (Å²) in [5.74, 6) is 0. The third-order valence-electron chi connectivity index (χ3n) is 2.49. The van der Waals surface area contributed by atoms with Gasteiger partial charge in [0.25, 0.3) is 0 Å². The van der Waals surface area contributed by atoms with Crippen LogP contribution in [0.1, 0.15) is 40.0 Å². The second-order valence-corrected chi connectivity index (χ2v) is 2.96. The van der Waals surface area contributed by atoms with E-state index in [1.165, 1.54) is 0 Å². The quantitative estimate of drug-likeness (QED) is 0.623. The summed E-state index contributed by atoms with van der Waals surface area (Å²) >= 11 is 0. The van der Waals surface area contributed by atoms with Gasteiger partial charge in [0.05, 0.1) is 0 Å². The van der Waals surface area contributed by atoms with E-state index in [0.717, 1.165) is 19.3 Å². The molecule has 0 saturated heterocycles. The Labute approximate surface area is 64.0 Å². The maximum Gasteiger partial charge on any atom is 0.0302 e. The van der Waals surface area contributed by atoms with Gasteiger partial charge in [-0.2, -0.15) is 0 Å². The molecular weight excluding hydrogens is 124 g/mol. The Morgan fingerprint density at radius 3 is 1.70 bits per heavy atom. The summed E-state index contributed by atoms with van der Waals surface area (Å²) in [6.45, 7) is 6.27. The maximum absolute atomic E-state index is 6.03. The van der Waals surface area contributed by atoms with Crippen LogP contribution < -0.4 is 11.5 Å². The van der Waals surface area contributed by atoms with Gasteiger partial charge in [-0.3, -0.25) is 0 Å². The van der Waals surface area contributed by atoms with Gasteiger partial charge >= 0.3 is 0 Å². The Morgan fingerprint density at radius 2 is 1.60 bits per heavy atom. The Hall–Kier alpha value is -0.0800. The Kier molecular flexibility index (Phi) is 3.91. The van der Waals surface area contributed by atoms with E-state index in [-0.39, 0.29) is 11.6 Å². The molecule has 0 aromatic carbocycles. The molecule has 0 saturated carbocycles. The molecule has 10 heavy (non-hydrogen) atoms. The fourth-order valence-corrected chi connectivity index (χ4v) is 1.18. The average Bonchev–Trinajstić information content (AvgIpc) is 2.01. The van der Waals surface area contributed by atoms with Gasteiger partial charge in [-0.1, -0.05) is 20.8 Å². The molecule has 62 valence electrons. The van der Waals surface area contributed by atoms with E-state index in [4.69, 9.17) is 11.5 Å². The second kappa shape index (κ2) is 3.94. The largest absolute Gasteiger partial charge is 0.326 e. The molecule has 0 aliphatic heterocycles. The van der Waals surface area contributed by atoms with Crippen molar-refractivity contribution >= 4 is 0 Å². The normalized spacial score (nSPS) is 15.3. The van der Waals surface area contributed by atoms with Crippen LogP contribution in [-0.4, -0.2) is 11.6 Å². The summed E-state index contributed by atoms with van der Waals surface area (Å²) in [5.41, 5.74) is 11.7. The molecule has 2 nitrogen and oxygen atoms in total. The van der Waals surface area contributed by atoms with Gasteiger partial charge in [0.1, 0.15) is 0 Å². The molecule has 0 radical (unpaired) electrons. The van der Waals surface area contributed by atoms with Crippen molar-refractivity contribution in [2.24, 2.45) is 11.5 Å². The van der Waals surface area contributed by atoms with Crippen molar-refractivity contribution in [3.05, 3.63) is 0 Å². The Morgan fingerprint density at radius 1 is 1.20 bits per heavy atom. The highest BCUT2D eigenvalue weighted by Crippen LogP contribution is 2.16. The van der Waals surface area contributed by atoms with Gasteiger partial charge in [-0.15, -0.1) is 0 Å². The summed E-state index contributed by atoms with van der Waals surface area (Å²) in [7, 11) is 0. The third-order valence-corrected chi connectivity index (χ3v) is 2.49. The molecule has 2 heteroatoms. The van der Waals surface area contributed by atoms with E-state index in [0.29, 0.717) is 0 Å². The van der Waals surface area contributed by atoms with Gasteiger partial charge in [0, 0.05) is 11.6 Å². The van der Waals surface area contributed by atoms with Crippen LogP contribution in [-0.2, 0) is 0 Å². The molecule has 0 fully saturated rings. The molecule has 0 heterocycles. The van der Waals surface area contributed by atoms with Crippen LogP contribution in [0.5, 0.6) is 0 Å². The van der Waals surface area contributed by atoms with Crippen molar-refractivity contribution < 1.29 is 0 Å². The van der Waals surface area contributed by atoms with Gasteiger partial charge in [0.15, 0.2) is 0 Å². The molecule has 0 spiro atoms. The highest BCUT2D eigenvalue weighted by Gasteiger charge is 2.26. The van der Waals surface area contributed by atoms with Crippen molar-refractivity contribution in [3.8, 4) is 0 Å². The molecule has 0 bridgehead atoms. The van der Waals surface area contributed by atoms with E-state index in [9.17, 15) is 0 Å². The van der Waals surface area contributed by atoms with Crippen LogP contribution in [0.4, 0.5) is 0 Å². The first-order valence-electron chi connectivity index (χ1n) is 4.15. The minimum absolute atomic E-state index is 0.130. The molecule has 0 rings (SSSR count). The van der Waals surface area contributed by atoms with Gasteiger partial charge < -0.3 is 11.5 Å². The molecule has 0 aromatic heterocycles. The highest BCUT2D eigenvalue weighted by atomic mass is 14.8. The van der Waals surface area contributed by atoms with Crippen LogP contribution in [0.3, 0.4) is 0 Å². The highest BCUT2D eigenvalue weighted by molar-refractivity contribution is 4.90. The van der Waals surface area contributed by atoms with E-state index in [2.05, 4.69) is 20.8 Å². The van der Waals surface area contributed by atoms with Crippen LogP contribution >= 0.6 is 0 Å². The van der Waals surface area contributed by atoms with Crippen molar-refractivity contribution in [3.63, 3.8) is 0 Å². The summed E-state index contributed by atoms with van der Waals surface area (Å²) in [6.07, 6.45) is 2.91.